The van der Waals surface area contributed by atoms with E-state index in [-0.39, 0.29) is 18.2 Å². The van der Waals surface area contributed by atoms with Crippen molar-refractivity contribution in [2.45, 2.75) is 33.6 Å². The Morgan fingerprint density at radius 1 is 1.00 bits per heavy atom. The molecular weight excluding hydrogens is 300 g/mol. The maximum absolute atomic E-state index is 12.3. The van der Waals surface area contributed by atoms with Crippen LogP contribution in [0.15, 0.2) is 42.5 Å². The van der Waals surface area contributed by atoms with Crippen LogP contribution < -0.4 is 10.6 Å². The Labute approximate surface area is 143 Å². The highest BCUT2D eigenvalue weighted by Gasteiger charge is 2.13. The number of carbonyl (C=O) groups is 2. The summed E-state index contributed by atoms with van der Waals surface area (Å²) in [6, 6.07) is 13.1. The van der Waals surface area contributed by atoms with Crippen molar-refractivity contribution in [1.29, 1.82) is 0 Å². The largest absolute Gasteiger partial charge is 0.352 e. The van der Waals surface area contributed by atoms with Crippen molar-refractivity contribution in [3.05, 3.63) is 64.7 Å². The topological polar surface area (TPSA) is 58.2 Å². The molecule has 2 aromatic rings. The molecule has 0 aliphatic rings. The van der Waals surface area contributed by atoms with Crippen LogP contribution in [-0.4, -0.2) is 18.4 Å². The monoisotopic (exact) mass is 324 g/mol. The third-order valence-corrected chi connectivity index (χ3v) is 3.92. The van der Waals surface area contributed by atoms with Crippen LogP contribution in [0.3, 0.4) is 0 Å². The molecule has 4 nitrogen and oxygen atoms in total. The Balaban J connectivity index is 2.08. The minimum absolute atomic E-state index is 0.131. The van der Waals surface area contributed by atoms with Gasteiger partial charge in [-0.1, -0.05) is 37.3 Å². The van der Waals surface area contributed by atoms with Crippen LogP contribution in [0.25, 0.3) is 0 Å². The van der Waals surface area contributed by atoms with Crippen LogP contribution in [0.2, 0.25) is 0 Å². The number of para-hydroxylation sites is 1. The van der Waals surface area contributed by atoms with Crippen molar-refractivity contribution in [2.24, 2.45) is 0 Å². The van der Waals surface area contributed by atoms with Gasteiger partial charge in [0.2, 0.25) is 5.91 Å². The summed E-state index contributed by atoms with van der Waals surface area (Å²) < 4.78 is 0. The van der Waals surface area contributed by atoms with E-state index in [0.717, 1.165) is 12.0 Å². The molecule has 0 saturated carbocycles. The number of hydrogen-bond acceptors (Lipinski definition) is 2. The van der Waals surface area contributed by atoms with Gasteiger partial charge in [0, 0.05) is 6.54 Å². The molecule has 24 heavy (non-hydrogen) atoms. The highest BCUT2D eigenvalue weighted by molar-refractivity contribution is 6.04. The van der Waals surface area contributed by atoms with Gasteiger partial charge in [-0.15, -0.1) is 0 Å². The van der Waals surface area contributed by atoms with Gasteiger partial charge in [0.05, 0.1) is 17.7 Å². The smallest absolute Gasteiger partial charge is 0.253 e. The van der Waals surface area contributed by atoms with Gasteiger partial charge in [0.15, 0.2) is 0 Å². The molecule has 0 spiro atoms. The Hall–Kier alpha value is -2.62. The molecule has 0 aromatic heterocycles. The number of rotatable bonds is 6. The maximum Gasteiger partial charge on any atom is 0.253 e. The minimum Gasteiger partial charge on any atom is -0.352 e. The summed E-state index contributed by atoms with van der Waals surface area (Å²) in [5, 5.41) is 5.69. The van der Waals surface area contributed by atoms with Crippen molar-refractivity contribution in [2.75, 3.05) is 11.9 Å². The Bertz CT molecular complexity index is 738. The molecule has 2 N–H and O–H groups in total. The maximum atomic E-state index is 12.3. The molecule has 0 bridgehead atoms. The van der Waals surface area contributed by atoms with Crippen LogP contribution >= 0.6 is 0 Å². The first-order chi connectivity index (χ1) is 11.5. The normalized spacial score (nSPS) is 10.3. The van der Waals surface area contributed by atoms with Gasteiger partial charge in [-0.2, -0.15) is 0 Å². The molecule has 2 rings (SSSR count). The predicted octanol–water partition coefficient (Wildman–Crippen LogP) is 3.62. The number of benzene rings is 2. The number of amides is 2. The van der Waals surface area contributed by atoms with Gasteiger partial charge in [0.1, 0.15) is 0 Å². The lowest BCUT2D eigenvalue weighted by atomic mass is 10.0. The van der Waals surface area contributed by atoms with E-state index in [1.807, 2.05) is 45.0 Å². The average Bonchev–Trinajstić information content (AvgIpc) is 2.56. The quantitative estimate of drug-likeness (QED) is 0.852. The third-order valence-electron chi connectivity index (χ3n) is 3.92. The first-order valence-corrected chi connectivity index (χ1v) is 8.24. The molecule has 0 aliphatic carbocycles. The van der Waals surface area contributed by atoms with E-state index in [1.165, 1.54) is 11.1 Å². The highest BCUT2D eigenvalue weighted by atomic mass is 16.2. The molecule has 2 amide bonds. The first kappa shape index (κ1) is 17.7. The number of nitrogens with one attached hydrogen (secondary N) is 2. The summed E-state index contributed by atoms with van der Waals surface area (Å²) in [5.74, 6) is -0.298. The molecule has 0 aliphatic heterocycles. The Morgan fingerprint density at radius 2 is 1.75 bits per heavy atom. The number of carbonyl (C=O) groups excluding carboxylic acids is 2. The third kappa shape index (κ3) is 4.69. The van der Waals surface area contributed by atoms with E-state index < -0.39 is 0 Å². The standard InChI is InChI=1S/C20H24N2O2/c1-4-11-21-20(24)17-7-5-6-8-18(17)22-19(23)13-16-10-9-14(2)15(3)12-16/h5-10,12H,4,11,13H2,1-3H3,(H,21,24)(H,22,23). The van der Waals surface area contributed by atoms with Gasteiger partial charge in [-0.25, -0.2) is 0 Å². The summed E-state index contributed by atoms with van der Waals surface area (Å²) in [6.45, 7) is 6.69. The van der Waals surface area contributed by atoms with E-state index in [1.54, 1.807) is 18.2 Å². The van der Waals surface area contributed by atoms with E-state index in [9.17, 15) is 9.59 Å². The zero-order chi connectivity index (χ0) is 17.5. The fourth-order valence-electron chi connectivity index (χ4n) is 2.42. The van der Waals surface area contributed by atoms with Crippen molar-refractivity contribution >= 4 is 17.5 Å². The minimum atomic E-state index is -0.168. The van der Waals surface area contributed by atoms with Crippen molar-refractivity contribution in [3.8, 4) is 0 Å². The summed E-state index contributed by atoms with van der Waals surface area (Å²) >= 11 is 0. The molecule has 4 heteroatoms. The lowest BCUT2D eigenvalue weighted by molar-refractivity contribution is -0.115. The van der Waals surface area contributed by atoms with Gasteiger partial charge >= 0.3 is 0 Å². The van der Waals surface area contributed by atoms with Gasteiger partial charge in [-0.3, -0.25) is 9.59 Å². The number of anilines is 1. The molecule has 0 heterocycles. The van der Waals surface area contributed by atoms with Crippen molar-refractivity contribution in [3.63, 3.8) is 0 Å². The molecule has 0 unspecified atom stereocenters. The van der Waals surface area contributed by atoms with Crippen molar-refractivity contribution < 1.29 is 9.59 Å². The average molecular weight is 324 g/mol. The highest BCUT2D eigenvalue weighted by Crippen LogP contribution is 2.16. The van der Waals surface area contributed by atoms with E-state index in [2.05, 4.69) is 10.6 Å². The molecule has 0 radical (unpaired) electrons. The lowest BCUT2D eigenvalue weighted by Crippen LogP contribution is -2.26. The molecule has 126 valence electrons. The van der Waals surface area contributed by atoms with E-state index in [4.69, 9.17) is 0 Å². The Morgan fingerprint density at radius 3 is 2.46 bits per heavy atom. The lowest BCUT2D eigenvalue weighted by Gasteiger charge is -2.11. The summed E-state index contributed by atoms with van der Waals surface area (Å²) in [7, 11) is 0. The van der Waals surface area contributed by atoms with Crippen LogP contribution in [0, 0.1) is 13.8 Å². The second kappa shape index (κ2) is 8.29. The van der Waals surface area contributed by atoms with Crippen LogP contribution in [0.4, 0.5) is 5.69 Å². The van der Waals surface area contributed by atoms with E-state index in [0.29, 0.717) is 17.8 Å². The second-order valence-corrected chi connectivity index (χ2v) is 5.95. The number of hydrogen-bond donors (Lipinski definition) is 2. The van der Waals surface area contributed by atoms with Gasteiger partial charge in [-0.05, 0) is 49.1 Å². The van der Waals surface area contributed by atoms with Crippen LogP contribution in [0.1, 0.15) is 40.4 Å². The molecule has 2 aromatic carbocycles. The molecule has 0 saturated heterocycles. The summed E-state index contributed by atoms with van der Waals surface area (Å²) in [5.41, 5.74) is 4.36. The molecule has 0 fully saturated rings. The summed E-state index contributed by atoms with van der Waals surface area (Å²) in [4.78, 5) is 24.5. The second-order valence-electron chi connectivity index (χ2n) is 5.95. The Kier molecular flexibility index (Phi) is 6.13. The fourth-order valence-corrected chi connectivity index (χ4v) is 2.42. The first-order valence-electron chi connectivity index (χ1n) is 8.24. The zero-order valence-electron chi connectivity index (χ0n) is 14.5. The number of aryl methyl sites for hydroxylation is 2. The van der Waals surface area contributed by atoms with Crippen LogP contribution in [-0.2, 0) is 11.2 Å². The molecular formula is C20H24N2O2. The fraction of sp³-hybridized carbons (Fsp3) is 0.300. The van der Waals surface area contributed by atoms with Gasteiger partial charge < -0.3 is 10.6 Å². The molecule has 0 atom stereocenters. The van der Waals surface area contributed by atoms with Crippen LogP contribution in [0.5, 0.6) is 0 Å². The van der Waals surface area contributed by atoms with Crippen molar-refractivity contribution in [1.82, 2.24) is 5.32 Å². The van der Waals surface area contributed by atoms with Gasteiger partial charge in [0.25, 0.3) is 5.91 Å². The summed E-state index contributed by atoms with van der Waals surface area (Å²) in [6.07, 6.45) is 1.15. The van der Waals surface area contributed by atoms with E-state index >= 15 is 0 Å². The SMILES string of the molecule is CCCNC(=O)c1ccccc1NC(=O)Cc1ccc(C)c(C)c1. The zero-order valence-corrected chi connectivity index (χ0v) is 14.5. The predicted molar refractivity (Wildman–Crippen MR) is 97.3 cm³/mol.